The summed E-state index contributed by atoms with van der Waals surface area (Å²) in [5.74, 6) is 1.91. The zero-order valence-electron chi connectivity index (χ0n) is 17.4. The predicted molar refractivity (Wildman–Crippen MR) is 120 cm³/mol. The molecule has 30 heavy (non-hydrogen) atoms. The molecule has 0 bridgehead atoms. The van der Waals surface area contributed by atoms with E-state index in [1.165, 1.54) is 11.3 Å². The van der Waals surface area contributed by atoms with Crippen molar-refractivity contribution in [3.63, 3.8) is 0 Å². The number of thiazole rings is 1. The Bertz CT molecular complexity index is 987. The van der Waals surface area contributed by atoms with Gasteiger partial charge in [0.25, 0.3) is 0 Å². The average molecular weight is 427 g/mol. The number of carbonyl (C=O) groups is 1. The van der Waals surface area contributed by atoms with Crippen molar-refractivity contribution in [2.45, 2.75) is 27.2 Å². The largest absolute Gasteiger partial charge is 0.494 e. The molecule has 0 radical (unpaired) electrons. The lowest BCUT2D eigenvalue weighted by Gasteiger charge is -2.13. The molecule has 0 saturated carbocycles. The monoisotopic (exact) mass is 426 g/mol. The van der Waals surface area contributed by atoms with Crippen LogP contribution in [-0.2, 0) is 11.2 Å². The second kappa shape index (κ2) is 10.6. The second-order valence-electron chi connectivity index (χ2n) is 6.32. The smallest absolute Gasteiger partial charge is 0.230 e. The highest BCUT2D eigenvalue weighted by Gasteiger charge is 2.14. The second-order valence-corrected chi connectivity index (χ2v) is 7.18. The molecule has 0 unspecified atom stereocenters. The van der Waals surface area contributed by atoms with Gasteiger partial charge in [-0.1, -0.05) is 12.1 Å². The first-order valence-electron chi connectivity index (χ1n) is 10.0. The molecular weight excluding hydrogens is 400 g/mol. The summed E-state index contributed by atoms with van der Waals surface area (Å²) >= 11 is 1.50. The summed E-state index contributed by atoms with van der Waals surface area (Å²) in [5, 5.41) is 5.65. The number of amides is 1. The molecule has 0 aliphatic carbocycles. The third kappa shape index (κ3) is 5.51. The van der Waals surface area contributed by atoms with Crippen molar-refractivity contribution >= 4 is 22.9 Å². The van der Waals surface area contributed by atoms with E-state index in [0.29, 0.717) is 42.7 Å². The molecule has 1 heterocycles. The predicted octanol–water partition coefficient (Wildman–Crippen LogP) is 5.19. The summed E-state index contributed by atoms with van der Waals surface area (Å²) in [5.41, 5.74) is 2.22. The van der Waals surface area contributed by atoms with Gasteiger partial charge in [-0.05, 0) is 45.0 Å². The Balaban J connectivity index is 1.73. The van der Waals surface area contributed by atoms with Crippen LogP contribution < -0.4 is 19.5 Å². The molecule has 6 nitrogen and oxygen atoms in total. The zero-order valence-corrected chi connectivity index (χ0v) is 18.3. The molecule has 0 aliphatic heterocycles. The molecule has 0 saturated heterocycles. The van der Waals surface area contributed by atoms with E-state index in [2.05, 4.69) is 10.3 Å². The van der Waals surface area contributed by atoms with Crippen molar-refractivity contribution in [1.29, 1.82) is 0 Å². The summed E-state index contributed by atoms with van der Waals surface area (Å²) in [7, 11) is 0. The Kier molecular flexibility index (Phi) is 7.68. The maximum Gasteiger partial charge on any atom is 0.230 e. The topological polar surface area (TPSA) is 69.7 Å². The number of anilines is 1. The van der Waals surface area contributed by atoms with Gasteiger partial charge in [-0.2, -0.15) is 0 Å². The number of nitrogens with zero attached hydrogens (tertiary/aromatic N) is 1. The summed E-state index contributed by atoms with van der Waals surface area (Å²) in [6.07, 6.45) is 0.164. The number of nitrogens with one attached hydrogen (secondary N) is 1. The highest BCUT2D eigenvalue weighted by molar-refractivity contribution is 7.13. The molecule has 1 amide bonds. The number of para-hydroxylation sites is 1. The summed E-state index contributed by atoms with van der Waals surface area (Å²) in [6.45, 7) is 7.40. The number of rotatable bonds is 10. The van der Waals surface area contributed by atoms with Gasteiger partial charge < -0.3 is 19.5 Å². The van der Waals surface area contributed by atoms with Gasteiger partial charge in [0.05, 0.1) is 43.2 Å². The molecule has 3 aromatic rings. The molecule has 2 aromatic carbocycles. The Hall–Kier alpha value is -3.06. The molecule has 0 fully saturated rings. The number of aromatic nitrogens is 1. The first-order valence-corrected chi connectivity index (χ1v) is 10.9. The summed E-state index contributed by atoms with van der Waals surface area (Å²) in [6, 6.07) is 13.2. The van der Waals surface area contributed by atoms with Crippen molar-refractivity contribution in [2.75, 3.05) is 25.1 Å². The van der Waals surface area contributed by atoms with E-state index in [0.717, 1.165) is 16.3 Å². The molecule has 3 rings (SSSR count). The van der Waals surface area contributed by atoms with Gasteiger partial charge in [0, 0.05) is 11.4 Å². The van der Waals surface area contributed by atoms with Crippen molar-refractivity contribution in [3.05, 3.63) is 53.5 Å². The molecule has 0 aliphatic rings. The number of carbonyl (C=O) groups excluding carboxylic acids is 1. The van der Waals surface area contributed by atoms with Crippen LogP contribution in [0.25, 0.3) is 10.6 Å². The number of ether oxygens (including phenoxy) is 3. The van der Waals surface area contributed by atoms with E-state index in [1.807, 2.05) is 56.5 Å². The third-order valence-electron chi connectivity index (χ3n) is 4.15. The van der Waals surface area contributed by atoms with E-state index in [-0.39, 0.29) is 12.3 Å². The van der Waals surface area contributed by atoms with Crippen molar-refractivity contribution < 1.29 is 19.0 Å². The lowest BCUT2D eigenvalue weighted by Crippen LogP contribution is -2.15. The molecule has 158 valence electrons. The van der Waals surface area contributed by atoms with Gasteiger partial charge in [-0.3, -0.25) is 4.79 Å². The van der Waals surface area contributed by atoms with Crippen LogP contribution >= 0.6 is 11.3 Å². The first kappa shape index (κ1) is 21.6. The van der Waals surface area contributed by atoms with Crippen molar-refractivity contribution in [2.24, 2.45) is 0 Å². The van der Waals surface area contributed by atoms with Gasteiger partial charge in [-0.15, -0.1) is 11.3 Å². The van der Waals surface area contributed by atoms with Gasteiger partial charge in [-0.25, -0.2) is 4.98 Å². The van der Waals surface area contributed by atoms with Crippen LogP contribution in [0.3, 0.4) is 0 Å². The van der Waals surface area contributed by atoms with Gasteiger partial charge in [0.2, 0.25) is 5.91 Å². The van der Waals surface area contributed by atoms with E-state index in [9.17, 15) is 4.79 Å². The van der Waals surface area contributed by atoms with Crippen LogP contribution in [0, 0.1) is 0 Å². The van der Waals surface area contributed by atoms with Crippen LogP contribution in [0.1, 0.15) is 26.5 Å². The molecule has 0 atom stereocenters. The Morgan fingerprint density at radius 3 is 2.47 bits per heavy atom. The standard InChI is InChI=1S/C23H26N2O4S/c1-4-27-17-11-12-21(29-6-3)19(14-17)25-22(26)13-16-15-30-23(24-16)18-9-7-8-10-20(18)28-5-2/h7-12,14-15H,4-6,13H2,1-3H3,(H,25,26). The fourth-order valence-corrected chi connectivity index (χ4v) is 3.79. The number of benzene rings is 2. The highest BCUT2D eigenvalue weighted by Crippen LogP contribution is 2.33. The Labute approximate surface area is 180 Å². The number of hydrogen-bond donors (Lipinski definition) is 1. The summed E-state index contributed by atoms with van der Waals surface area (Å²) in [4.78, 5) is 17.3. The Morgan fingerprint density at radius 2 is 1.70 bits per heavy atom. The molecule has 7 heteroatoms. The molecule has 0 spiro atoms. The molecule has 1 aromatic heterocycles. The lowest BCUT2D eigenvalue weighted by atomic mass is 10.2. The normalized spacial score (nSPS) is 10.5. The third-order valence-corrected chi connectivity index (χ3v) is 5.07. The van der Waals surface area contributed by atoms with Crippen LogP contribution in [0.4, 0.5) is 5.69 Å². The summed E-state index contributed by atoms with van der Waals surface area (Å²) < 4.78 is 16.8. The van der Waals surface area contributed by atoms with E-state index >= 15 is 0 Å². The van der Waals surface area contributed by atoms with Crippen LogP contribution in [0.15, 0.2) is 47.8 Å². The zero-order chi connectivity index (χ0) is 21.3. The van der Waals surface area contributed by atoms with Crippen LogP contribution in [0.5, 0.6) is 17.2 Å². The minimum atomic E-state index is -0.167. The minimum absolute atomic E-state index is 0.164. The maximum absolute atomic E-state index is 12.7. The van der Waals surface area contributed by atoms with Gasteiger partial charge >= 0.3 is 0 Å². The van der Waals surface area contributed by atoms with Gasteiger partial charge in [0.15, 0.2) is 0 Å². The lowest BCUT2D eigenvalue weighted by molar-refractivity contribution is -0.115. The fraction of sp³-hybridized carbons (Fsp3) is 0.304. The highest BCUT2D eigenvalue weighted by atomic mass is 32.1. The van der Waals surface area contributed by atoms with E-state index in [4.69, 9.17) is 14.2 Å². The van der Waals surface area contributed by atoms with Crippen molar-refractivity contribution in [1.82, 2.24) is 4.98 Å². The average Bonchev–Trinajstić information content (AvgIpc) is 3.19. The molecular formula is C23H26N2O4S. The maximum atomic E-state index is 12.7. The SMILES string of the molecule is CCOc1ccc(OCC)c(NC(=O)Cc2csc(-c3ccccc3OCC)n2)c1. The van der Waals surface area contributed by atoms with Crippen LogP contribution in [-0.4, -0.2) is 30.7 Å². The van der Waals surface area contributed by atoms with Gasteiger partial charge in [0.1, 0.15) is 22.3 Å². The van der Waals surface area contributed by atoms with Crippen molar-refractivity contribution in [3.8, 4) is 27.8 Å². The van der Waals surface area contributed by atoms with E-state index in [1.54, 1.807) is 12.1 Å². The van der Waals surface area contributed by atoms with Crippen LogP contribution in [0.2, 0.25) is 0 Å². The van der Waals surface area contributed by atoms with E-state index < -0.39 is 0 Å². The number of hydrogen-bond acceptors (Lipinski definition) is 6. The fourth-order valence-electron chi connectivity index (χ4n) is 2.94. The first-order chi connectivity index (χ1) is 14.6. The minimum Gasteiger partial charge on any atom is -0.494 e. The molecule has 1 N–H and O–H groups in total. The Morgan fingerprint density at radius 1 is 0.967 bits per heavy atom. The quantitative estimate of drug-likeness (QED) is 0.483.